The number of carboxylic acid groups (broad SMARTS) is 1. The molecular formula is C13H17NO5S2. The van der Waals surface area contributed by atoms with Gasteiger partial charge < -0.3 is 10.4 Å². The van der Waals surface area contributed by atoms with E-state index in [2.05, 4.69) is 5.32 Å². The lowest BCUT2D eigenvalue weighted by molar-refractivity contribution is -0.141. The molecule has 0 saturated heterocycles. The van der Waals surface area contributed by atoms with Crippen molar-refractivity contribution in [3.63, 3.8) is 0 Å². The van der Waals surface area contributed by atoms with Crippen LogP contribution in [0.3, 0.4) is 0 Å². The molecule has 0 radical (unpaired) electrons. The first-order valence-corrected chi connectivity index (χ1v) is 9.00. The predicted molar refractivity (Wildman–Crippen MR) is 82.0 cm³/mol. The number of hydrogen-bond donors (Lipinski definition) is 2. The fourth-order valence-electron chi connectivity index (χ4n) is 1.51. The standard InChI is InChI=1S/C13H17NO5S2/c1-9-3-4-10(20-9)5-6-12(15)14-11(13(16)17)7-8-21(2,18)19/h3-6,11H,7-8H2,1-2H3,(H,14,15)(H,16,17)/b6-5+. The smallest absolute Gasteiger partial charge is 0.326 e. The summed E-state index contributed by atoms with van der Waals surface area (Å²) >= 11 is 1.51. The van der Waals surface area contributed by atoms with Crippen molar-refractivity contribution < 1.29 is 23.1 Å². The predicted octanol–water partition coefficient (Wildman–Crippen LogP) is 1.07. The molecule has 1 unspecified atom stereocenters. The Morgan fingerprint density at radius 2 is 2.10 bits per heavy atom. The maximum Gasteiger partial charge on any atom is 0.326 e. The molecule has 0 aliphatic rings. The molecule has 1 rings (SSSR count). The molecule has 0 aliphatic heterocycles. The SMILES string of the molecule is Cc1ccc(/C=C/C(=O)NC(CCS(C)(=O)=O)C(=O)O)s1. The highest BCUT2D eigenvalue weighted by Gasteiger charge is 2.20. The lowest BCUT2D eigenvalue weighted by atomic mass is 10.2. The van der Waals surface area contributed by atoms with Gasteiger partial charge in [0.2, 0.25) is 5.91 Å². The first-order valence-electron chi connectivity index (χ1n) is 6.13. The maximum atomic E-state index is 11.7. The van der Waals surface area contributed by atoms with Crippen molar-refractivity contribution in [2.75, 3.05) is 12.0 Å². The number of thiophene rings is 1. The summed E-state index contributed by atoms with van der Waals surface area (Å²) in [5, 5.41) is 11.3. The summed E-state index contributed by atoms with van der Waals surface area (Å²) in [4.78, 5) is 24.6. The molecule has 0 fully saturated rings. The molecule has 1 atom stereocenters. The van der Waals surface area contributed by atoms with Crippen LogP contribution in [0.25, 0.3) is 6.08 Å². The second-order valence-corrected chi connectivity index (χ2v) is 8.18. The molecule has 0 aromatic carbocycles. The molecule has 1 heterocycles. The van der Waals surface area contributed by atoms with Gasteiger partial charge in [0, 0.05) is 22.1 Å². The van der Waals surface area contributed by atoms with Crippen molar-refractivity contribution in [3.05, 3.63) is 28.0 Å². The van der Waals surface area contributed by atoms with E-state index in [1.165, 1.54) is 17.4 Å². The van der Waals surface area contributed by atoms with E-state index in [9.17, 15) is 18.0 Å². The number of carboxylic acids is 1. The molecule has 2 N–H and O–H groups in total. The Kier molecular flexibility index (Phi) is 6.10. The monoisotopic (exact) mass is 331 g/mol. The summed E-state index contributed by atoms with van der Waals surface area (Å²) in [6.45, 7) is 1.94. The van der Waals surface area contributed by atoms with Crippen LogP contribution in [-0.4, -0.2) is 43.5 Å². The van der Waals surface area contributed by atoms with E-state index in [-0.39, 0.29) is 12.2 Å². The number of aliphatic carboxylic acids is 1. The van der Waals surface area contributed by atoms with Gasteiger partial charge in [-0.2, -0.15) is 0 Å². The Hall–Kier alpha value is -1.67. The quantitative estimate of drug-likeness (QED) is 0.728. The Bertz CT molecular complexity index is 645. The van der Waals surface area contributed by atoms with Gasteiger partial charge in [0.25, 0.3) is 0 Å². The topological polar surface area (TPSA) is 101 Å². The van der Waals surface area contributed by atoms with Gasteiger partial charge >= 0.3 is 5.97 Å². The van der Waals surface area contributed by atoms with Crippen LogP contribution in [0.2, 0.25) is 0 Å². The van der Waals surface area contributed by atoms with E-state index in [1.54, 1.807) is 6.08 Å². The maximum absolute atomic E-state index is 11.7. The largest absolute Gasteiger partial charge is 0.480 e. The second-order valence-electron chi connectivity index (χ2n) is 4.60. The second kappa shape index (κ2) is 7.37. The first-order chi connectivity index (χ1) is 9.67. The van der Waals surface area contributed by atoms with Gasteiger partial charge in [-0.25, -0.2) is 13.2 Å². The molecule has 0 spiro atoms. The number of carbonyl (C=O) groups is 2. The van der Waals surface area contributed by atoms with Gasteiger partial charge in [0.15, 0.2) is 0 Å². The third-order valence-corrected chi connectivity index (χ3v) is 4.50. The average molecular weight is 331 g/mol. The van der Waals surface area contributed by atoms with E-state index < -0.39 is 27.8 Å². The van der Waals surface area contributed by atoms with E-state index in [4.69, 9.17) is 5.11 Å². The first kappa shape index (κ1) is 17.4. The van der Waals surface area contributed by atoms with Crippen molar-refractivity contribution in [2.24, 2.45) is 0 Å². The molecule has 116 valence electrons. The zero-order valence-electron chi connectivity index (χ0n) is 11.7. The third kappa shape index (κ3) is 7.05. The molecule has 8 heteroatoms. The summed E-state index contributed by atoms with van der Waals surface area (Å²) < 4.78 is 22.1. The fourth-order valence-corrected chi connectivity index (χ4v) is 2.95. The van der Waals surface area contributed by atoms with Crippen LogP contribution >= 0.6 is 11.3 Å². The minimum Gasteiger partial charge on any atom is -0.480 e. The van der Waals surface area contributed by atoms with E-state index in [0.717, 1.165) is 16.0 Å². The van der Waals surface area contributed by atoms with Gasteiger partial charge in [-0.15, -0.1) is 11.3 Å². The number of nitrogens with one attached hydrogen (secondary N) is 1. The van der Waals surface area contributed by atoms with Crippen molar-refractivity contribution in [1.82, 2.24) is 5.32 Å². The fraction of sp³-hybridized carbons (Fsp3) is 0.385. The molecular weight excluding hydrogens is 314 g/mol. The number of hydrogen-bond acceptors (Lipinski definition) is 5. The van der Waals surface area contributed by atoms with Crippen LogP contribution in [0.15, 0.2) is 18.2 Å². The molecule has 21 heavy (non-hydrogen) atoms. The summed E-state index contributed by atoms with van der Waals surface area (Å²) in [5.41, 5.74) is 0. The minimum absolute atomic E-state index is 0.161. The highest BCUT2D eigenvalue weighted by molar-refractivity contribution is 7.90. The molecule has 6 nitrogen and oxygen atoms in total. The van der Waals surface area contributed by atoms with Gasteiger partial charge in [-0.3, -0.25) is 4.79 Å². The lowest BCUT2D eigenvalue weighted by Gasteiger charge is -2.12. The van der Waals surface area contributed by atoms with Crippen LogP contribution in [0.1, 0.15) is 16.2 Å². The van der Waals surface area contributed by atoms with E-state index in [0.29, 0.717) is 0 Å². The summed E-state index contributed by atoms with van der Waals surface area (Å²) in [7, 11) is -3.27. The molecule has 1 amide bonds. The highest BCUT2D eigenvalue weighted by Crippen LogP contribution is 2.16. The molecule has 1 aromatic heterocycles. The van der Waals surface area contributed by atoms with E-state index in [1.807, 2.05) is 19.1 Å². The van der Waals surface area contributed by atoms with Crippen LogP contribution in [0.4, 0.5) is 0 Å². The van der Waals surface area contributed by atoms with Gasteiger partial charge in [-0.05, 0) is 31.6 Å². The normalized spacial score (nSPS) is 13.2. The van der Waals surface area contributed by atoms with Crippen LogP contribution in [-0.2, 0) is 19.4 Å². The van der Waals surface area contributed by atoms with Crippen LogP contribution < -0.4 is 5.32 Å². The van der Waals surface area contributed by atoms with Gasteiger partial charge in [-0.1, -0.05) is 0 Å². The van der Waals surface area contributed by atoms with Gasteiger partial charge in [0.1, 0.15) is 15.9 Å². The zero-order chi connectivity index (χ0) is 16.0. The average Bonchev–Trinajstić information content (AvgIpc) is 2.76. The number of rotatable bonds is 7. The van der Waals surface area contributed by atoms with Crippen LogP contribution in [0.5, 0.6) is 0 Å². The van der Waals surface area contributed by atoms with Crippen molar-refractivity contribution in [2.45, 2.75) is 19.4 Å². The molecule has 0 aliphatic carbocycles. The summed E-state index contributed by atoms with van der Waals surface area (Å²) in [6, 6.07) is 2.54. The molecule has 0 saturated carbocycles. The van der Waals surface area contributed by atoms with Crippen molar-refractivity contribution >= 4 is 39.1 Å². The number of amides is 1. The lowest BCUT2D eigenvalue weighted by Crippen LogP contribution is -2.41. The minimum atomic E-state index is -3.27. The Morgan fingerprint density at radius 1 is 1.43 bits per heavy atom. The Labute approximate surface area is 127 Å². The Morgan fingerprint density at radius 3 is 2.57 bits per heavy atom. The number of aryl methyl sites for hydroxylation is 1. The van der Waals surface area contributed by atoms with Crippen molar-refractivity contribution in [1.29, 1.82) is 0 Å². The molecule has 1 aromatic rings. The van der Waals surface area contributed by atoms with Crippen LogP contribution in [0, 0.1) is 6.92 Å². The summed E-state index contributed by atoms with van der Waals surface area (Å²) in [6.07, 6.45) is 3.68. The zero-order valence-corrected chi connectivity index (χ0v) is 13.3. The van der Waals surface area contributed by atoms with Crippen molar-refractivity contribution in [3.8, 4) is 0 Å². The van der Waals surface area contributed by atoms with Gasteiger partial charge in [0.05, 0.1) is 5.75 Å². The molecule has 0 bridgehead atoms. The third-order valence-electron chi connectivity index (χ3n) is 2.55. The number of carbonyl (C=O) groups excluding carboxylic acids is 1. The summed E-state index contributed by atoms with van der Waals surface area (Å²) in [5.74, 6) is -2.12. The highest BCUT2D eigenvalue weighted by atomic mass is 32.2. The number of sulfone groups is 1. The Balaban J connectivity index is 2.60. The van der Waals surface area contributed by atoms with E-state index >= 15 is 0 Å².